The fraction of sp³-hybridized carbons (Fsp3) is 0.133. The van der Waals surface area contributed by atoms with Crippen LogP contribution in [0.4, 0.5) is 11.5 Å². The molecule has 2 aromatic rings. The zero-order valence-electron chi connectivity index (χ0n) is 11.6. The molecular weight excluding hydrogens is 290 g/mol. The molecule has 0 bridgehead atoms. The number of anilines is 2. The second-order valence-corrected chi connectivity index (χ2v) is 4.95. The van der Waals surface area contributed by atoms with Gasteiger partial charge < -0.3 is 10.6 Å². The Balaban J connectivity index is 2.04. The summed E-state index contributed by atoms with van der Waals surface area (Å²) in [6.45, 7) is 3.64. The predicted octanol–water partition coefficient (Wildman–Crippen LogP) is 2.93. The van der Waals surface area contributed by atoms with Crippen LogP contribution in [0, 0.1) is 13.8 Å². The number of halogens is 1. The van der Waals surface area contributed by atoms with Crippen molar-refractivity contribution in [2.24, 2.45) is 0 Å². The van der Waals surface area contributed by atoms with Gasteiger partial charge in [-0.25, -0.2) is 4.98 Å². The third kappa shape index (κ3) is 3.79. The highest BCUT2D eigenvalue weighted by Crippen LogP contribution is 2.20. The van der Waals surface area contributed by atoms with Gasteiger partial charge in [0.2, 0.25) is 0 Å². The van der Waals surface area contributed by atoms with Gasteiger partial charge in [-0.2, -0.15) is 0 Å². The van der Waals surface area contributed by atoms with Crippen LogP contribution in [0.15, 0.2) is 36.5 Å². The number of aromatic nitrogens is 1. The first-order valence-electron chi connectivity index (χ1n) is 6.27. The number of aryl methyl sites for hydroxylation is 2. The minimum Gasteiger partial charge on any atom is -0.318 e. The van der Waals surface area contributed by atoms with Gasteiger partial charge in [-0.1, -0.05) is 23.7 Å². The molecule has 6 heteroatoms. The molecule has 2 rings (SSSR count). The highest BCUT2D eigenvalue weighted by molar-refractivity contribution is 6.43. The van der Waals surface area contributed by atoms with Crippen molar-refractivity contribution in [1.29, 1.82) is 0 Å². The maximum absolute atomic E-state index is 11.8. The van der Waals surface area contributed by atoms with Crippen molar-refractivity contribution < 1.29 is 9.59 Å². The van der Waals surface area contributed by atoms with E-state index in [9.17, 15) is 9.59 Å². The molecule has 0 spiro atoms. The lowest BCUT2D eigenvalue weighted by Gasteiger charge is -2.08. The van der Waals surface area contributed by atoms with E-state index in [2.05, 4.69) is 15.6 Å². The summed E-state index contributed by atoms with van der Waals surface area (Å²) in [6, 6.07) is 8.57. The Kier molecular flexibility index (Phi) is 4.55. The van der Waals surface area contributed by atoms with Gasteiger partial charge in [-0.3, -0.25) is 9.59 Å². The van der Waals surface area contributed by atoms with E-state index >= 15 is 0 Å². The Hall–Kier alpha value is -2.40. The molecule has 0 aliphatic rings. The molecule has 21 heavy (non-hydrogen) atoms. The number of rotatable bonds is 2. The third-order valence-corrected chi connectivity index (χ3v) is 3.28. The van der Waals surface area contributed by atoms with Crippen LogP contribution in [0.2, 0.25) is 5.02 Å². The first kappa shape index (κ1) is 15.0. The van der Waals surface area contributed by atoms with Gasteiger partial charge in [0.25, 0.3) is 0 Å². The largest absolute Gasteiger partial charge is 0.318 e. The second-order valence-electron chi connectivity index (χ2n) is 4.54. The Bertz CT molecular complexity index is 701. The lowest BCUT2D eigenvalue weighted by atomic mass is 10.2. The van der Waals surface area contributed by atoms with Gasteiger partial charge in [-0.15, -0.1) is 0 Å². The lowest BCUT2D eigenvalue weighted by Crippen LogP contribution is -2.29. The molecule has 5 nitrogen and oxygen atoms in total. The van der Waals surface area contributed by atoms with Crippen molar-refractivity contribution in [3.8, 4) is 0 Å². The summed E-state index contributed by atoms with van der Waals surface area (Å²) in [7, 11) is 0. The number of pyridine rings is 1. The van der Waals surface area contributed by atoms with Crippen molar-refractivity contribution >= 4 is 34.9 Å². The standard InChI is InChI=1S/C15H14ClN3O2/c1-9-5-6-11(8-12(9)16)18-14(20)15(21)19-13-10(2)4-3-7-17-13/h3-8H,1-2H3,(H,18,20)(H,17,19,21). The molecule has 0 unspecified atom stereocenters. The number of benzene rings is 1. The summed E-state index contributed by atoms with van der Waals surface area (Å²) >= 11 is 5.97. The molecule has 2 amide bonds. The van der Waals surface area contributed by atoms with E-state index in [1.807, 2.05) is 6.92 Å². The van der Waals surface area contributed by atoms with Gasteiger partial charge in [0.15, 0.2) is 0 Å². The third-order valence-electron chi connectivity index (χ3n) is 2.88. The summed E-state index contributed by atoms with van der Waals surface area (Å²) in [5.41, 5.74) is 2.13. The maximum atomic E-state index is 11.8. The summed E-state index contributed by atoms with van der Waals surface area (Å²) in [5.74, 6) is -1.20. The molecule has 108 valence electrons. The Morgan fingerprint density at radius 1 is 1.05 bits per heavy atom. The fourth-order valence-corrected chi connectivity index (χ4v) is 1.82. The predicted molar refractivity (Wildman–Crippen MR) is 82.4 cm³/mol. The summed E-state index contributed by atoms with van der Waals surface area (Å²) in [4.78, 5) is 27.7. The van der Waals surface area contributed by atoms with Crippen LogP contribution in [-0.4, -0.2) is 16.8 Å². The number of carbonyl (C=O) groups excluding carboxylic acids is 2. The second kappa shape index (κ2) is 6.37. The topological polar surface area (TPSA) is 71.1 Å². The van der Waals surface area contributed by atoms with Crippen LogP contribution in [0.25, 0.3) is 0 Å². The number of hydrogen-bond donors (Lipinski definition) is 2. The highest BCUT2D eigenvalue weighted by Gasteiger charge is 2.15. The molecule has 0 atom stereocenters. The number of nitrogens with one attached hydrogen (secondary N) is 2. The minimum absolute atomic E-state index is 0.361. The Labute approximate surface area is 127 Å². The molecule has 0 aliphatic heterocycles. The van der Waals surface area contributed by atoms with Crippen molar-refractivity contribution in [1.82, 2.24) is 4.98 Å². The van der Waals surface area contributed by atoms with Gasteiger partial charge in [0, 0.05) is 16.9 Å². The van der Waals surface area contributed by atoms with Crippen LogP contribution in [-0.2, 0) is 9.59 Å². The summed E-state index contributed by atoms with van der Waals surface area (Å²) < 4.78 is 0. The highest BCUT2D eigenvalue weighted by atomic mass is 35.5. The van der Waals surface area contributed by atoms with E-state index in [-0.39, 0.29) is 0 Å². The molecule has 0 saturated carbocycles. The molecular formula is C15H14ClN3O2. The molecule has 1 heterocycles. The van der Waals surface area contributed by atoms with Crippen LogP contribution in [0.5, 0.6) is 0 Å². The number of carbonyl (C=O) groups is 2. The van der Waals surface area contributed by atoms with Crippen molar-refractivity contribution in [3.63, 3.8) is 0 Å². The van der Waals surface area contributed by atoms with E-state index in [1.165, 1.54) is 0 Å². The van der Waals surface area contributed by atoms with Crippen molar-refractivity contribution in [2.75, 3.05) is 10.6 Å². The molecule has 2 N–H and O–H groups in total. The van der Waals surface area contributed by atoms with Crippen LogP contribution >= 0.6 is 11.6 Å². The average molecular weight is 304 g/mol. The van der Waals surface area contributed by atoms with Crippen LogP contribution in [0.3, 0.4) is 0 Å². The zero-order valence-corrected chi connectivity index (χ0v) is 12.4. The summed E-state index contributed by atoms with van der Waals surface area (Å²) in [6.07, 6.45) is 1.54. The smallest absolute Gasteiger partial charge is 0.315 e. The Morgan fingerprint density at radius 3 is 2.43 bits per heavy atom. The monoisotopic (exact) mass is 303 g/mol. The zero-order chi connectivity index (χ0) is 15.4. The normalized spacial score (nSPS) is 10.0. The lowest BCUT2D eigenvalue weighted by molar-refractivity contribution is -0.133. The van der Waals surface area contributed by atoms with Crippen LogP contribution < -0.4 is 10.6 Å². The minimum atomic E-state index is -0.784. The first-order valence-corrected chi connectivity index (χ1v) is 6.65. The molecule has 1 aromatic carbocycles. The average Bonchev–Trinajstić information content (AvgIpc) is 2.45. The number of hydrogen-bond acceptors (Lipinski definition) is 3. The fourth-order valence-electron chi connectivity index (χ4n) is 1.64. The van der Waals surface area contributed by atoms with E-state index in [1.54, 1.807) is 43.5 Å². The van der Waals surface area contributed by atoms with Crippen molar-refractivity contribution in [3.05, 3.63) is 52.7 Å². The van der Waals surface area contributed by atoms with Gasteiger partial charge in [0.1, 0.15) is 5.82 Å². The summed E-state index contributed by atoms with van der Waals surface area (Å²) in [5, 5.41) is 5.47. The van der Waals surface area contributed by atoms with Gasteiger partial charge >= 0.3 is 11.8 Å². The van der Waals surface area contributed by atoms with E-state index in [0.29, 0.717) is 16.5 Å². The van der Waals surface area contributed by atoms with Crippen molar-refractivity contribution in [2.45, 2.75) is 13.8 Å². The molecule has 0 saturated heterocycles. The maximum Gasteiger partial charge on any atom is 0.315 e. The van der Waals surface area contributed by atoms with E-state index in [4.69, 9.17) is 11.6 Å². The molecule has 1 aromatic heterocycles. The Morgan fingerprint density at radius 2 is 1.76 bits per heavy atom. The first-order chi connectivity index (χ1) is 9.97. The number of nitrogens with zero attached hydrogens (tertiary/aromatic N) is 1. The van der Waals surface area contributed by atoms with E-state index < -0.39 is 11.8 Å². The van der Waals surface area contributed by atoms with Gasteiger partial charge in [-0.05, 0) is 43.2 Å². The van der Waals surface area contributed by atoms with Gasteiger partial charge in [0.05, 0.1) is 0 Å². The molecule has 0 radical (unpaired) electrons. The quantitative estimate of drug-likeness (QED) is 0.838. The SMILES string of the molecule is Cc1ccc(NC(=O)C(=O)Nc2ncccc2C)cc1Cl. The van der Waals surface area contributed by atoms with E-state index in [0.717, 1.165) is 11.1 Å². The molecule has 0 aliphatic carbocycles. The number of amides is 2. The molecule has 0 fully saturated rings. The van der Waals surface area contributed by atoms with Crippen LogP contribution in [0.1, 0.15) is 11.1 Å².